The van der Waals surface area contributed by atoms with Crippen molar-refractivity contribution in [2.45, 2.75) is 6.42 Å². The SMILES string of the molecule is COc1ccc(C(=O)N(CCCN(C)C)c2nc(-c3ccc(Cl)cc3)cs2)cc1.Cl. The van der Waals surface area contributed by atoms with Gasteiger partial charge in [-0.15, -0.1) is 23.7 Å². The second-order valence-corrected chi connectivity index (χ2v) is 8.14. The minimum atomic E-state index is -0.0663. The molecule has 1 amide bonds. The molecule has 3 aromatic rings. The zero-order valence-corrected chi connectivity index (χ0v) is 19.6. The van der Waals surface area contributed by atoms with Gasteiger partial charge in [0.15, 0.2) is 5.13 Å². The summed E-state index contributed by atoms with van der Waals surface area (Å²) in [6.45, 7) is 1.48. The molecule has 0 aliphatic carbocycles. The number of thiazole rings is 1. The third kappa shape index (κ3) is 6.19. The number of nitrogens with zero attached hydrogens (tertiary/aromatic N) is 3. The van der Waals surface area contributed by atoms with E-state index >= 15 is 0 Å². The fourth-order valence-corrected chi connectivity index (χ4v) is 3.84. The van der Waals surface area contributed by atoms with Gasteiger partial charge >= 0.3 is 0 Å². The summed E-state index contributed by atoms with van der Waals surface area (Å²) in [5.74, 6) is 0.656. The van der Waals surface area contributed by atoms with E-state index < -0.39 is 0 Å². The lowest BCUT2D eigenvalue weighted by molar-refractivity contribution is 0.0986. The van der Waals surface area contributed by atoms with Gasteiger partial charge in [-0.1, -0.05) is 23.7 Å². The molecule has 2 aromatic carbocycles. The van der Waals surface area contributed by atoms with Crippen molar-refractivity contribution in [2.75, 3.05) is 39.2 Å². The summed E-state index contributed by atoms with van der Waals surface area (Å²) in [6, 6.07) is 14.7. The highest BCUT2D eigenvalue weighted by atomic mass is 35.5. The van der Waals surface area contributed by atoms with E-state index in [1.165, 1.54) is 11.3 Å². The summed E-state index contributed by atoms with van der Waals surface area (Å²) in [5, 5.41) is 3.34. The summed E-state index contributed by atoms with van der Waals surface area (Å²) in [5.41, 5.74) is 2.42. The number of benzene rings is 2. The number of hydrogen-bond donors (Lipinski definition) is 0. The van der Waals surface area contributed by atoms with Gasteiger partial charge in [0.25, 0.3) is 5.91 Å². The minimum absolute atomic E-state index is 0. The van der Waals surface area contributed by atoms with Gasteiger partial charge in [0.05, 0.1) is 12.8 Å². The van der Waals surface area contributed by atoms with Crippen LogP contribution in [0.3, 0.4) is 0 Å². The first-order chi connectivity index (χ1) is 14.0. The van der Waals surface area contributed by atoms with Gasteiger partial charge in [0.2, 0.25) is 0 Å². The molecule has 0 atom stereocenters. The van der Waals surface area contributed by atoms with E-state index in [0.717, 1.165) is 30.0 Å². The highest BCUT2D eigenvalue weighted by Gasteiger charge is 2.21. The van der Waals surface area contributed by atoms with Gasteiger partial charge < -0.3 is 9.64 Å². The van der Waals surface area contributed by atoms with Crippen molar-refractivity contribution in [3.8, 4) is 17.0 Å². The third-order valence-electron chi connectivity index (χ3n) is 4.43. The predicted molar refractivity (Wildman–Crippen MR) is 128 cm³/mol. The van der Waals surface area contributed by atoms with Crippen molar-refractivity contribution in [3.05, 3.63) is 64.5 Å². The van der Waals surface area contributed by atoms with Crippen molar-refractivity contribution in [1.82, 2.24) is 9.88 Å². The Kier molecular flexibility index (Phi) is 9.11. The summed E-state index contributed by atoms with van der Waals surface area (Å²) in [4.78, 5) is 21.8. The number of carbonyl (C=O) groups excluding carboxylic acids is 1. The maximum absolute atomic E-state index is 13.2. The first-order valence-corrected chi connectivity index (χ1v) is 10.6. The molecule has 0 saturated carbocycles. The van der Waals surface area contributed by atoms with E-state index in [0.29, 0.717) is 22.3 Å². The van der Waals surface area contributed by atoms with E-state index in [-0.39, 0.29) is 18.3 Å². The minimum Gasteiger partial charge on any atom is -0.497 e. The molecular formula is C22H25Cl2N3O2S. The van der Waals surface area contributed by atoms with Crippen LogP contribution in [-0.4, -0.2) is 50.1 Å². The second kappa shape index (κ2) is 11.3. The van der Waals surface area contributed by atoms with Crippen LogP contribution >= 0.6 is 35.3 Å². The summed E-state index contributed by atoms with van der Waals surface area (Å²) in [6.07, 6.45) is 0.852. The Morgan fingerprint density at radius 2 is 1.73 bits per heavy atom. The van der Waals surface area contributed by atoms with Gasteiger partial charge in [0.1, 0.15) is 5.75 Å². The van der Waals surface area contributed by atoms with Crippen LogP contribution in [0.2, 0.25) is 5.02 Å². The molecule has 0 spiro atoms. The number of ether oxygens (including phenoxy) is 1. The van der Waals surface area contributed by atoms with Gasteiger partial charge in [-0.05, 0) is 63.5 Å². The van der Waals surface area contributed by atoms with Crippen LogP contribution in [0.5, 0.6) is 5.75 Å². The van der Waals surface area contributed by atoms with E-state index in [9.17, 15) is 4.79 Å². The van der Waals surface area contributed by atoms with Crippen molar-refractivity contribution < 1.29 is 9.53 Å². The second-order valence-electron chi connectivity index (χ2n) is 6.86. The Hall–Kier alpha value is -2.12. The number of aromatic nitrogens is 1. The molecule has 0 fully saturated rings. The highest BCUT2D eigenvalue weighted by molar-refractivity contribution is 7.14. The molecule has 0 aliphatic heterocycles. The van der Waals surface area contributed by atoms with Crippen LogP contribution in [0.4, 0.5) is 5.13 Å². The molecule has 160 valence electrons. The van der Waals surface area contributed by atoms with Crippen molar-refractivity contribution in [1.29, 1.82) is 0 Å². The lowest BCUT2D eigenvalue weighted by Crippen LogP contribution is -2.33. The largest absolute Gasteiger partial charge is 0.497 e. The quantitative estimate of drug-likeness (QED) is 0.440. The Morgan fingerprint density at radius 3 is 2.33 bits per heavy atom. The Bertz CT molecular complexity index is 944. The number of carbonyl (C=O) groups is 1. The number of halogens is 2. The van der Waals surface area contributed by atoms with Crippen LogP contribution in [0.15, 0.2) is 53.9 Å². The Morgan fingerprint density at radius 1 is 1.07 bits per heavy atom. The molecule has 1 heterocycles. The molecule has 0 aliphatic rings. The molecule has 0 N–H and O–H groups in total. The summed E-state index contributed by atoms with van der Waals surface area (Å²) < 4.78 is 5.20. The molecule has 3 rings (SSSR count). The number of anilines is 1. The fraction of sp³-hybridized carbons (Fsp3) is 0.273. The van der Waals surface area contributed by atoms with E-state index in [1.54, 1.807) is 36.3 Å². The van der Waals surface area contributed by atoms with Gasteiger partial charge in [-0.3, -0.25) is 9.69 Å². The smallest absolute Gasteiger partial charge is 0.260 e. The fourth-order valence-electron chi connectivity index (χ4n) is 2.86. The van der Waals surface area contributed by atoms with E-state index in [4.69, 9.17) is 21.3 Å². The van der Waals surface area contributed by atoms with Crippen molar-refractivity contribution >= 4 is 46.4 Å². The molecule has 8 heteroatoms. The first-order valence-electron chi connectivity index (χ1n) is 9.30. The number of methoxy groups -OCH3 is 1. The molecule has 5 nitrogen and oxygen atoms in total. The maximum atomic E-state index is 13.2. The van der Waals surface area contributed by atoms with Crippen LogP contribution in [0, 0.1) is 0 Å². The molecule has 0 saturated heterocycles. The summed E-state index contributed by atoms with van der Waals surface area (Å²) >= 11 is 7.45. The summed E-state index contributed by atoms with van der Waals surface area (Å²) in [7, 11) is 5.66. The van der Waals surface area contributed by atoms with Crippen LogP contribution < -0.4 is 9.64 Å². The standard InChI is InChI=1S/C22H24ClN3O2S.ClH/c1-25(2)13-4-14-26(21(27)17-7-11-19(28-3)12-8-17)22-24-20(15-29-22)16-5-9-18(23)10-6-16;/h5-12,15H,4,13-14H2,1-3H3;1H. The molecule has 0 unspecified atom stereocenters. The van der Waals surface area contributed by atoms with Crippen molar-refractivity contribution in [3.63, 3.8) is 0 Å². The average molecular weight is 466 g/mol. The number of rotatable bonds is 8. The molecular weight excluding hydrogens is 441 g/mol. The highest BCUT2D eigenvalue weighted by Crippen LogP contribution is 2.29. The predicted octanol–water partition coefficient (Wildman–Crippen LogP) is 5.49. The third-order valence-corrected chi connectivity index (χ3v) is 5.55. The lowest BCUT2D eigenvalue weighted by atomic mass is 10.2. The monoisotopic (exact) mass is 465 g/mol. The topological polar surface area (TPSA) is 45.7 Å². The normalized spacial score (nSPS) is 10.6. The van der Waals surface area contributed by atoms with Crippen LogP contribution in [0.1, 0.15) is 16.8 Å². The van der Waals surface area contributed by atoms with Gasteiger partial charge in [-0.2, -0.15) is 0 Å². The van der Waals surface area contributed by atoms with Gasteiger partial charge in [-0.25, -0.2) is 4.98 Å². The lowest BCUT2D eigenvalue weighted by Gasteiger charge is -2.21. The Balaban J connectivity index is 0.00000320. The van der Waals surface area contributed by atoms with E-state index in [2.05, 4.69) is 4.90 Å². The molecule has 0 radical (unpaired) electrons. The number of hydrogen-bond acceptors (Lipinski definition) is 5. The van der Waals surface area contributed by atoms with Crippen LogP contribution in [-0.2, 0) is 0 Å². The Labute approximate surface area is 192 Å². The van der Waals surface area contributed by atoms with E-state index in [1.807, 2.05) is 43.7 Å². The zero-order chi connectivity index (χ0) is 20.8. The maximum Gasteiger partial charge on any atom is 0.260 e. The van der Waals surface area contributed by atoms with Crippen LogP contribution in [0.25, 0.3) is 11.3 Å². The number of amides is 1. The molecule has 0 bridgehead atoms. The molecule has 1 aromatic heterocycles. The average Bonchev–Trinajstić information content (AvgIpc) is 3.21. The van der Waals surface area contributed by atoms with Gasteiger partial charge in [0, 0.05) is 28.1 Å². The zero-order valence-electron chi connectivity index (χ0n) is 17.2. The van der Waals surface area contributed by atoms with Crippen molar-refractivity contribution in [2.24, 2.45) is 0 Å². The first kappa shape index (κ1) is 24.2. The molecule has 30 heavy (non-hydrogen) atoms.